The van der Waals surface area contributed by atoms with Crippen molar-refractivity contribution < 1.29 is 9.53 Å². The van der Waals surface area contributed by atoms with Gasteiger partial charge in [0.15, 0.2) is 0 Å². The van der Waals surface area contributed by atoms with Crippen molar-refractivity contribution in [3.63, 3.8) is 0 Å². The van der Waals surface area contributed by atoms with E-state index in [4.69, 9.17) is 4.74 Å². The Bertz CT molecular complexity index is 638. The van der Waals surface area contributed by atoms with Gasteiger partial charge in [-0.25, -0.2) is 0 Å². The molecule has 1 N–H and O–H groups in total. The second kappa shape index (κ2) is 8.63. The van der Waals surface area contributed by atoms with Gasteiger partial charge < -0.3 is 10.1 Å². The number of carbonyl (C=O) groups excluding carboxylic acids is 1. The van der Waals surface area contributed by atoms with E-state index in [1.807, 2.05) is 50.2 Å². The first kappa shape index (κ1) is 17.4. The van der Waals surface area contributed by atoms with Gasteiger partial charge >= 0.3 is 0 Å². The number of hydrogen-bond acceptors (Lipinski definition) is 3. The molecule has 0 aliphatic heterocycles. The van der Waals surface area contributed by atoms with E-state index in [0.29, 0.717) is 12.3 Å². The van der Waals surface area contributed by atoms with Gasteiger partial charge in [0.25, 0.3) is 0 Å². The van der Waals surface area contributed by atoms with Crippen LogP contribution in [0.3, 0.4) is 0 Å². The summed E-state index contributed by atoms with van der Waals surface area (Å²) in [5.41, 5.74) is 2.26. The maximum absolute atomic E-state index is 12.0. The molecular weight excluding hydrogens is 306 g/mol. The summed E-state index contributed by atoms with van der Waals surface area (Å²) in [4.78, 5) is 13.1. The average molecular weight is 329 g/mol. The molecule has 0 radical (unpaired) electrons. The number of ether oxygens (including phenoxy) is 1. The van der Waals surface area contributed by atoms with Crippen molar-refractivity contribution in [2.45, 2.75) is 38.3 Å². The molecule has 4 heteroatoms. The summed E-state index contributed by atoms with van der Waals surface area (Å²) in [6.45, 7) is 6.56. The minimum absolute atomic E-state index is 0.0331. The number of aryl methyl sites for hydroxylation is 1. The van der Waals surface area contributed by atoms with Crippen LogP contribution in [0.2, 0.25) is 0 Å². The fourth-order valence-electron chi connectivity index (χ4n) is 2.04. The fourth-order valence-corrected chi connectivity index (χ4v) is 2.76. The molecule has 0 fully saturated rings. The van der Waals surface area contributed by atoms with Gasteiger partial charge in [0.2, 0.25) is 5.91 Å². The van der Waals surface area contributed by atoms with Crippen LogP contribution in [0.1, 0.15) is 25.0 Å². The van der Waals surface area contributed by atoms with Gasteiger partial charge in [0, 0.05) is 11.4 Å². The van der Waals surface area contributed by atoms with E-state index in [2.05, 4.69) is 24.4 Å². The quantitative estimate of drug-likeness (QED) is 0.774. The van der Waals surface area contributed by atoms with E-state index in [1.54, 1.807) is 11.8 Å². The topological polar surface area (TPSA) is 38.3 Å². The van der Waals surface area contributed by atoms with Gasteiger partial charge in [-0.2, -0.15) is 0 Å². The molecule has 0 aromatic heterocycles. The molecule has 0 aliphatic rings. The lowest BCUT2D eigenvalue weighted by Gasteiger charge is -2.11. The summed E-state index contributed by atoms with van der Waals surface area (Å²) in [6.07, 6.45) is 0.144. The lowest BCUT2D eigenvalue weighted by atomic mass is 10.2. The molecule has 0 aliphatic carbocycles. The van der Waals surface area contributed by atoms with Gasteiger partial charge in [-0.15, -0.1) is 11.8 Å². The highest BCUT2D eigenvalue weighted by atomic mass is 32.2. The Morgan fingerprint density at radius 2 is 1.91 bits per heavy atom. The molecule has 0 saturated heterocycles. The summed E-state index contributed by atoms with van der Waals surface area (Å²) < 4.78 is 5.66. The summed E-state index contributed by atoms with van der Waals surface area (Å²) in [6, 6.07) is 16.0. The Morgan fingerprint density at radius 1 is 1.17 bits per heavy atom. The van der Waals surface area contributed by atoms with Crippen LogP contribution >= 0.6 is 11.8 Å². The summed E-state index contributed by atoms with van der Waals surface area (Å²) in [5.74, 6) is 1.29. The second-order valence-electron chi connectivity index (χ2n) is 5.69. The number of hydrogen-bond donors (Lipinski definition) is 1. The zero-order valence-corrected chi connectivity index (χ0v) is 14.7. The molecule has 2 aromatic carbocycles. The standard InChI is InChI=1S/C19H23NO2S/c1-14(2)22-17-6-4-5-16(11-17)12-20-19(21)13-23-18-9-7-15(3)8-10-18/h4-11,14H,12-13H2,1-3H3,(H,20,21). The molecule has 0 unspecified atom stereocenters. The highest BCUT2D eigenvalue weighted by Gasteiger charge is 2.04. The maximum atomic E-state index is 12.0. The molecule has 23 heavy (non-hydrogen) atoms. The van der Waals surface area contributed by atoms with E-state index in [0.717, 1.165) is 16.2 Å². The Hall–Kier alpha value is -1.94. The smallest absolute Gasteiger partial charge is 0.230 e. The molecule has 122 valence electrons. The molecule has 0 heterocycles. The second-order valence-corrected chi connectivity index (χ2v) is 6.74. The Labute approximate surface area is 142 Å². The molecule has 2 aromatic rings. The van der Waals surface area contributed by atoms with Crippen molar-refractivity contribution in [2.24, 2.45) is 0 Å². The van der Waals surface area contributed by atoms with Gasteiger partial charge in [-0.3, -0.25) is 4.79 Å². The Kier molecular flexibility index (Phi) is 6.53. The lowest BCUT2D eigenvalue weighted by molar-refractivity contribution is -0.118. The SMILES string of the molecule is Cc1ccc(SCC(=O)NCc2cccc(OC(C)C)c2)cc1. The normalized spacial score (nSPS) is 10.6. The third-order valence-corrected chi connectivity index (χ3v) is 4.16. The van der Waals surface area contributed by atoms with Crippen molar-refractivity contribution in [3.05, 3.63) is 59.7 Å². The van der Waals surface area contributed by atoms with Crippen molar-refractivity contribution in [2.75, 3.05) is 5.75 Å². The molecule has 0 saturated carbocycles. The zero-order valence-electron chi connectivity index (χ0n) is 13.8. The van der Waals surface area contributed by atoms with Crippen LogP contribution in [-0.2, 0) is 11.3 Å². The van der Waals surface area contributed by atoms with Crippen LogP contribution in [0.25, 0.3) is 0 Å². The van der Waals surface area contributed by atoms with Crippen LogP contribution in [-0.4, -0.2) is 17.8 Å². The molecule has 2 rings (SSSR count). The van der Waals surface area contributed by atoms with Crippen molar-refractivity contribution >= 4 is 17.7 Å². The number of benzene rings is 2. The average Bonchev–Trinajstić information content (AvgIpc) is 2.52. The van der Waals surface area contributed by atoms with Gasteiger partial charge in [-0.05, 0) is 50.6 Å². The van der Waals surface area contributed by atoms with E-state index in [9.17, 15) is 4.79 Å². The number of rotatable bonds is 7. The van der Waals surface area contributed by atoms with E-state index >= 15 is 0 Å². The van der Waals surface area contributed by atoms with E-state index in [1.165, 1.54) is 5.56 Å². The number of nitrogens with one attached hydrogen (secondary N) is 1. The Balaban J connectivity index is 1.78. The monoisotopic (exact) mass is 329 g/mol. The van der Waals surface area contributed by atoms with Crippen molar-refractivity contribution in [1.82, 2.24) is 5.32 Å². The first-order chi connectivity index (χ1) is 11.0. The molecule has 0 spiro atoms. The molecular formula is C19H23NO2S. The number of thioether (sulfide) groups is 1. The highest BCUT2D eigenvalue weighted by molar-refractivity contribution is 8.00. The zero-order chi connectivity index (χ0) is 16.7. The minimum atomic E-state index is 0.0331. The van der Waals surface area contributed by atoms with Gasteiger partial charge in [0.1, 0.15) is 5.75 Å². The highest BCUT2D eigenvalue weighted by Crippen LogP contribution is 2.18. The largest absolute Gasteiger partial charge is 0.491 e. The number of carbonyl (C=O) groups is 1. The molecule has 3 nitrogen and oxygen atoms in total. The van der Waals surface area contributed by atoms with E-state index < -0.39 is 0 Å². The van der Waals surface area contributed by atoms with Crippen LogP contribution in [0.15, 0.2) is 53.4 Å². The van der Waals surface area contributed by atoms with Crippen molar-refractivity contribution in [3.8, 4) is 5.75 Å². The fraction of sp³-hybridized carbons (Fsp3) is 0.316. The van der Waals surface area contributed by atoms with Gasteiger partial charge in [0.05, 0.1) is 11.9 Å². The molecule has 1 amide bonds. The molecule has 0 bridgehead atoms. The lowest BCUT2D eigenvalue weighted by Crippen LogP contribution is -2.24. The summed E-state index contributed by atoms with van der Waals surface area (Å²) >= 11 is 1.55. The van der Waals surface area contributed by atoms with Gasteiger partial charge in [-0.1, -0.05) is 29.8 Å². The molecule has 0 atom stereocenters. The minimum Gasteiger partial charge on any atom is -0.491 e. The van der Waals surface area contributed by atoms with E-state index in [-0.39, 0.29) is 12.0 Å². The number of amides is 1. The van der Waals surface area contributed by atoms with Crippen LogP contribution in [0.4, 0.5) is 0 Å². The van der Waals surface area contributed by atoms with Crippen LogP contribution in [0, 0.1) is 6.92 Å². The third-order valence-electron chi connectivity index (χ3n) is 3.15. The predicted molar refractivity (Wildman–Crippen MR) is 96.0 cm³/mol. The predicted octanol–water partition coefficient (Wildman–Crippen LogP) is 4.19. The Morgan fingerprint density at radius 3 is 2.61 bits per heavy atom. The van der Waals surface area contributed by atoms with Crippen LogP contribution in [0.5, 0.6) is 5.75 Å². The van der Waals surface area contributed by atoms with Crippen molar-refractivity contribution in [1.29, 1.82) is 0 Å². The third kappa shape index (κ3) is 6.37. The summed E-state index contributed by atoms with van der Waals surface area (Å²) in [5, 5.41) is 2.95. The van der Waals surface area contributed by atoms with Crippen LogP contribution < -0.4 is 10.1 Å². The first-order valence-corrected chi connectivity index (χ1v) is 8.73. The maximum Gasteiger partial charge on any atom is 0.230 e. The first-order valence-electron chi connectivity index (χ1n) is 7.74. The summed E-state index contributed by atoms with van der Waals surface area (Å²) in [7, 11) is 0.